The Labute approximate surface area is 163 Å². The molecule has 0 bridgehead atoms. The third-order valence-corrected chi connectivity index (χ3v) is 4.70. The number of aromatic nitrogens is 2. The number of carbonyl (C=O) groups is 3. The third-order valence-electron chi connectivity index (χ3n) is 4.35. The molecule has 12 heteroatoms. The zero-order valence-corrected chi connectivity index (χ0v) is 14.8. The summed E-state index contributed by atoms with van der Waals surface area (Å²) in [5.74, 6) is -3.45. The second kappa shape index (κ2) is 6.41. The minimum atomic E-state index is -4.88. The lowest BCUT2D eigenvalue weighted by molar-refractivity contribution is -0.139. The van der Waals surface area contributed by atoms with Crippen LogP contribution in [0.4, 0.5) is 22.4 Å². The molecule has 0 saturated carbocycles. The predicted molar refractivity (Wildman–Crippen MR) is 88.6 cm³/mol. The van der Waals surface area contributed by atoms with E-state index in [0.29, 0.717) is 12.1 Å². The number of imidazole rings is 1. The molecular formula is C17H8ClF4N3O4. The minimum absolute atomic E-state index is 0.000135. The number of fused-ring (bicyclic) bond motifs is 1. The van der Waals surface area contributed by atoms with Gasteiger partial charge in [0.25, 0.3) is 0 Å². The summed E-state index contributed by atoms with van der Waals surface area (Å²) in [4.78, 5) is 44.3. The predicted octanol–water partition coefficient (Wildman–Crippen LogP) is 3.52. The number of Topliss-reactive ketones (excluding diaryl/α,β-unsaturated/α-hetero) is 2. The van der Waals surface area contributed by atoms with Gasteiger partial charge >= 0.3 is 12.3 Å². The number of ether oxygens (including phenoxy) is 1. The number of alkyl halides is 3. The Morgan fingerprint density at radius 2 is 1.90 bits per heavy atom. The zero-order valence-electron chi connectivity index (χ0n) is 14.1. The zero-order chi connectivity index (χ0) is 21.1. The van der Waals surface area contributed by atoms with Gasteiger partial charge in [-0.15, -0.1) is 0 Å². The highest BCUT2D eigenvalue weighted by molar-refractivity contribution is 6.49. The van der Waals surface area contributed by atoms with Gasteiger partial charge in [-0.2, -0.15) is 13.2 Å². The number of hydrogen-bond donors (Lipinski definition) is 1. The molecule has 29 heavy (non-hydrogen) atoms. The number of amides is 1. The number of nitrogens with one attached hydrogen (secondary N) is 1. The van der Waals surface area contributed by atoms with Gasteiger partial charge in [0.15, 0.2) is 0 Å². The number of ketones is 2. The standard InChI is InChI=1S/C17H8ClF4N3O4/c18-9-12(25-3-4-29-16(25)28)14(27)11-10(13(9)26)23-15(24-11)6-1-2-7(8(19)5-6)17(20,21)22/h1-2,5H,3-4H2,(H,23,24). The van der Waals surface area contributed by atoms with E-state index in [9.17, 15) is 31.9 Å². The summed E-state index contributed by atoms with van der Waals surface area (Å²) in [5.41, 5.74) is -2.69. The Morgan fingerprint density at radius 1 is 1.17 bits per heavy atom. The smallest absolute Gasteiger partial charge is 0.419 e. The topological polar surface area (TPSA) is 92.4 Å². The summed E-state index contributed by atoms with van der Waals surface area (Å²) < 4.78 is 56.8. The van der Waals surface area contributed by atoms with Crippen molar-refractivity contribution in [3.8, 4) is 11.4 Å². The molecule has 1 fully saturated rings. The molecule has 2 aromatic rings. The average molecular weight is 430 g/mol. The van der Waals surface area contributed by atoms with Gasteiger partial charge in [0, 0.05) is 5.56 Å². The molecule has 1 aromatic carbocycles. The Morgan fingerprint density at radius 3 is 2.48 bits per heavy atom. The molecule has 1 amide bonds. The number of allylic oxidation sites excluding steroid dienone is 2. The summed E-state index contributed by atoms with van der Waals surface area (Å²) in [5, 5.41) is -0.532. The number of hydrogen-bond acceptors (Lipinski definition) is 5. The molecule has 7 nitrogen and oxygen atoms in total. The number of H-pyrrole nitrogens is 1. The monoisotopic (exact) mass is 429 g/mol. The Balaban J connectivity index is 1.76. The van der Waals surface area contributed by atoms with Crippen molar-refractivity contribution in [2.45, 2.75) is 6.18 Å². The molecule has 1 aliphatic carbocycles. The Kier molecular flexibility index (Phi) is 4.23. The Bertz CT molecular complexity index is 1120. The number of aromatic amines is 1. The van der Waals surface area contributed by atoms with Crippen molar-refractivity contribution in [1.82, 2.24) is 14.9 Å². The highest BCUT2D eigenvalue weighted by atomic mass is 35.5. The second-order valence-electron chi connectivity index (χ2n) is 6.09. The normalized spacial score (nSPS) is 17.1. The Hall–Kier alpha value is -3.21. The van der Waals surface area contributed by atoms with Crippen LogP contribution in [0, 0.1) is 5.82 Å². The van der Waals surface area contributed by atoms with E-state index >= 15 is 0 Å². The summed E-state index contributed by atoms with van der Waals surface area (Å²) in [6.45, 7) is -0.00237. The van der Waals surface area contributed by atoms with Gasteiger partial charge in [-0.3, -0.25) is 14.5 Å². The van der Waals surface area contributed by atoms with E-state index < -0.39 is 45.9 Å². The SMILES string of the molecule is O=C1C(N2CCOC2=O)=C(Cl)C(=O)c2[nH]c(-c3ccc(C(F)(F)F)c(F)c3)nc21. The molecule has 2 aliphatic rings. The van der Waals surface area contributed by atoms with Crippen LogP contribution >= 0.6 is 11.6 Å². The summed E-state index contributed by atoms with van der Waals surface area (Å²) in [6.07, 6.45) is -5.74. The van der Waals surface area contributed by atoms with Crippen LogP contribution in [0.5, 0.6) is 0 Å². The van der Waals surface area contributed by atoms with Crippen molar-refractivity contribution in [3.63, 3.8) is 0 Å². The van der Waals surface area contributed by atoms with Crippen molar-refractivity contribution < 1.29 is 36.7 Å². The second-order valence-corrected chi connectivity index (χ2v) is 6.47. The highest BCUT2D eigenvalue weighted by Gasteiger charge is 2.41. The van der Waals surface area contributed by atoms with E-state index in [1.807, 2.05) is 0 Å². The molecule has 1 N–H and O–H groups in total. The van der Waals surface area contributed by atoms with E-state index in [-0.39, 0.29) is 35.9 Å². The maximum atomic E-state index is 13.9. The first-order valence-corrected chi connectivity index (χ1v) is 8.38. The van der Waals surface area contributed by atoms with Crippen molar-refractivity contribution in [1.29, 1.82) is 0 Å². The molecule has 0 atom stereocenters. The van der Waals surface area contributed by atoms with Gasteiger partial charge in [0.05, 0.1) is 12.1 Å². The number of benzene rings is 1. The molecule has 1 aromatic heterocycles. The molecule has 2 heterocycles. The van der Waals surface area contributed by atoms with Crippen LogP contribution in [0.1, 0.15) is 26.5 Å². The van der Waals surface area contributed by atoms with Crippen LogP contribution in [0.2, 0.25) is 0 Å². The molecule has 1 saturated heterocycles. The third kappa shape index (κ3) is 2.97. The fourth-order valence-electron chi connectivity index (χ4n) is 3.00. The van der Waals surface area contributed by atoms with Crippen LogP contribution in [0.15, 0.2) is 28.9 Å². The highest BCUT2D eigenvalue weighted by Crippen LogP contribution is 2.35. The van der Waals surface area contributed by atoms with Crippen molar-refractivity contribution in [2.24, 2.45) is 0 Å². The van der Waals surface area contributed by atoms with E-state index in [2.05, 4.69) is 9.97 Å². The van der Waals surface area contributed by atoms with Gasteiger partial charge in [-0.25, -0.2) is 14.2 Å². The lowest BCUT2D eigenvalue weighted by atomic mass is 10.0. The lowest BCUT2D eigenvalue weighted by Gasteiger charge is -2.20. The summed E-state index contributed by atoms with van der Waals surface area (Å²) in [6, 6.07) is 2.04. The summed E-state index contributed by atoms with van der Waals surface area (Å²) in [7, 11) is 0. The van der Waals surface area contributed by atoms with Gasteiger partial charge in [0.1, 0.15) is 40.4 Å². The van der Waals surface area contributed by atoms with Crippen LogP contribution in [-0.2, 0) is 10.9 Å². The first-order valence-electron chi connectivity index (χ1n) is 8.00. The van der Waals surface area contributed by atoms with Crippen molar-refractivity contribution >= 4 is 29.3 Å². The van der Waals surface area contributed by atoms with Crippen molar-refractivity contribution in [3.05, 3.63) is 51.7 Å². The maximum Gasteiger partial charge on any atom is 0.419 e. The molecule has 150 valence electrons. The first kappa shape index (κ1) is 19.1. The van der Waals surface area contributed by atoms with Crippen molar-refractivity contribution in [2.75, 3.05) is 13.2 Å². The molecule has 0 unspecified atom stereocenters. The molecule has 0 spiro atoms. The average Bonchev–Trinajstić information content (AvgIpc) is 3.26. The van der Waals surface area contributed by atoms with Gasteiger partial charge in [-0.05, 0) is 12.1 Å². The molecular weight excluding hydrogens is 422 g/mol. The van der Waals surface area contributed by atoms with E-state index in [1.165, 1.54) is 0 Å². The van der Waals surface area contributed by atoms with Crippen LogP contribution in [-0.4, -0.2) is 45.7 Å². The maximum absolute atomic E-state index is 13.9. The fourth-order valence-corrected chi connectivity index (χ4v) is 3.28. The summed E-state index contributed by atoms with van der Waals surface area (Å²) >= 11 is 5.98. The van der Waals surface area contributed by atoms with Crippen LogP contribution in [0.3, 0.4) is 0 Å². The number of halogens is 5. The largest absolute Gasteiger partial charge is 0.447 e. The molecule has 4 rings (SSSR count). The fraction of sp³-hybridized carbons (Fsp3) is 0.176. The minimum Gasteiger partial charge on any atom is -0.447 e. The van der Waals surface area contributed by atoms with Gasteiger partial charge < -0.3 is 9.72 Å². The quantitative estimate of drug-likeness (QED) is 0.737. The van der Waals surface area contributed by atoms with E-state index in [4.69, 9.17) is 16.3 Å². The van der Waals surface area contributed by atoms with Crippen LogP contribution in [0.25, 0.3) is 11.4 Å². The van der Waals surface area contributed by atoms with E-state index in [0.717, 1.165) is 11.0 Å². The number of nitrogens with zero attached hydrogens (tertiary/aromatic N) is 2. The van der Waals surface area contributed by atoms with Gasteiger partial charge in [0.2, 0.25) is 11.6 Å². The number of cyclic esters (lactones) is 1. The molecule has 1 aliphatic heterocycles. The first-order chi connectivity index (χ1) is 13.6. The number of rotatable bonds is 2. The van der Waals surface area contributed by atoms with Crippen LogP contribution < -0.4 is 0 Å². The molecule has 0 radical (unpaired) electrons. The van der Waals surface area contributed by atoms with Gasteiger partial charge in [-0.1, -0.05) is 17.7 Å². The van der Waals surface area contributed by atoms with E-state index in [1.54, 1.807) is 0 Å². The lowest BCUT2D eigenvalue weighted by Crippen LogP contribution is -2.34. The number of carbonyl (C=O) groups excluding carboxylic acids is 3.